The van der Waals surface area contributed by atoms with Gasteiger partial charge in [-0.25, -0.2) is 0 Å². The molecule has 1 saturated carbocycles. The minimum Gasteiger partial charge on any atom is -0.309 e. The van der Waals surface area contributed by atoms with Gasteiger partial charge in [0, 0.05) is 28.6 Å². The van der Waals surface area contributed by atoms with E-state index < -0.39 is 0 Å². The SMILES string of the molecule is ClCC1(NCCSc2ccccc2)CCCC1. The number of thioether (sulfide) groups is 1. The Labute approximate surface area is 113 Å². The van der Waals surface area contributed by atoms with Crippen LogP contribution in [0.25, 0.3) is 0 Å². The van der Waals surface area contributed by atoms with Crippen LogP contribution < -0.4 is 5.32 Å². The molecule has 0 saturated heterocycles. The summed E-state index contributed by atoms with van der Waals surface area (Å²) in [6, 6.07) is 10.6. The molecule has 3 heteroatoms. The molecule has 1 aliphatic carbocycles. The second-order valence-corrected chi connectivity index (χ2v) is 6.14. The monoisotopic (exact) mass is 269 g/mol. The summed E-state index contributed by atoms with van der Waals surface area (Å²) in [7, 11) is 0. The standard InChI is InChI=1S/C14H20ClNS/c15-12-14(8-4-5-9-14)16-10-11-17-13-6-2-1-3-7-13/h1-3,6-7,16H,4-5,8-12H2. The van der Waals surface area contributed by atoms with Crippen molar-refractivity contribution in [1.29, 1.82) is 0 Å². The van der Waals surface area contributed by atoms with Crippen LogP contribution in [0.4, 0.5) is 0 Å². The first-order chi connectivity index (χ1) is 8.35. The van der Waals surface area contributed by atoms with Crippen molar-refractivity contribution in [1.82, 2.24) is 5.32 Å². The van der Waals surface area contributed by atoms with E-state index in [4.69, 9.17) is 11.6 Å². The molecule has 1 aromatic carbocycles. The summed E-state index contributed by atoms with van der Waals surface area (Å²) in [4.78, 5) is 1.35. The normalized spacial score (nSPS) is 18.4. The van der Waals surface area contributed by atoms with Crippen LogP contribution in [0.2, 0.25) is 0 Å². The molecule has 0 atom stereocenters. The van der Waals surface area contributed by atoms with E-state index in [1.165, 1.54) is 30.6 Å². The molecule has 1 nitrogen and oxygen atoms in total. The first-order valence-corrected chi connectivity index (χ1v) is 7.86. The lowest BCUT2D eigenvalue weighted by Gasteiger charge is -2.27. The summed E-state index contributed by atoms with van der Waals surface area (Å²) in [5, 5.41) is 3.66. The molecule has 2 rings (SSSR count). The molecule has 0 heterocycles. The van der Waals surface area contributed by atoms with Crippen molar-refractivity contribution in [3.63, 3.8) is 0 Å². The highest BCUT2D eigenvalue weighted by atomic mass is 35.5. The van der Waals surface area contributed by atoms with Crippen LogP contribution in [0.3, 0.4) is 0 Å². The van der Waals surface area contributed by atoms with Gasteiger partial charge in [-0.3, -0.25) is 0 Å². The van der Waals surface area contributed by atoms with E-state index in [-0.39, 0.29) is 5.54 Å². The van der Waals surface area contributed by atoms with Gasteiger partial charge >= 0.3 is 0 Å². The van der Waals surface area contributed by atoms with Crippen LogP contribution in [0.15, 0.2) is 35.2 Å². The number of alkyl halides is 1. The van der Waals surface area contributed by atoms with Gasteiger partial charge in [0.15, 0.2) is 0 Å². The van der Waals surface area contributed by atoms with Crippen LogP contribution >= 0.6 is 23.4 Å². The predicted octanol–water partition coefficient (Wildman–Crippen LogP) is 3.92. The molecule has 1 N–H and O–H groups in total. The Morgan fingerprint density at radius 2 is 1.88 bits per heavy atom. The third-order valence-electron chi connectivity index (χ3n) is 3.43. The van der Waals surface area contributed by atoms with Crippen LogP contribution in [0.5, 0.6) is 0 Å². The summed E-state index contributed by atoms with van der Waals surface area (Å²) in [5.41, 5.74) is 0.235. The van der Waals surface area contributed by atoms with E-state index in [2.05, 4.69) is 35.6 Å². The van der Waals surface area contributed by atoms with Crippen LogP contribution in [0, 0.1) is 0 Å². The lowest BCUT2D eigenvalue weighted by Crippen LogP contribution is -2.45. The van der Waals surface area contributed by atoms with Crippen LogP contribution in [-0.2, 0) is 0 Å². The fraction of sp³-hybridized carbons (Fsp3) is 0.571. The van der Waals surface area contributed by atoms with Crippen molar-refractivity contribution >= 4 is 23.4 Å². The topological polar surface area (TPSA) is 12.0 Å². The molecule has 1 aromatic rings. The number of hydrogen-bond acceptors (Lipinski definition) is 2. The molecular formula is C14H20ClNS. The maximum Gasteiger partial charge on any atom is 0.0406 e. The quantitative estimate of drug-likeness (QED) is 0.477. The second-order valence-electron chi connectivity index (χ2n) is 4.71. The van der Waals surface area contributed by atoms with Gasteiger partial charge in [0.2, 0.25) is 0 Å². The molecule has 0 unspecified atom stereocenters. The van der Waals surface area contributed by atoms with Gasteiger partial charge in [-0.1, -0.05) is 31.0 Å². The minimum absolute atomic E-state index is 0.235. The molecule has 0 amide bonds. The first kappa shape index (κ1) is 13.3. The lowest BCUT2D eigenvalue weighted by atomic mass is 10.0. The fourth-order valence-corrected chi connectivity index (χ4v) is 3.56. The highest BCUT2D eigenvalue weighted by molar-refractivity contribution is 7.99. The van der Waals surface area contributed by atoms with Gasteiger partial charge in [-0.05, 0) is 25.0 Å². The third kappa shape index (κ3) is 3.90. The van der Waals surface area contributed by atoms with Crippen molar-refractivity contribution in [3.05, 3.63) is 30.3 Å². The molecule has 0 radical (unpaired) electrons. The van der Waals surface area contributed by atoms with Crippen molar-refractivity contribution in [3.8, 4) is 0 Å². The van der Waals surface area contributed by atoms with E-state index in [1.807, 2.05) is 11.8 Å². The second kappa shape index (κ2) is 6.67. The van der Waals surface area contributed by atoms with E-state index in [1.54, 1.807) is 0 Å². The van der Waals surface area contributed by atoms with E-state index in [0.29, 0.717) is 0 Å². The zero-order chi connectivity index (χ0) is 12.0. The summed E-state index contributed by atoms with van der Waals surface area (Å²) in [6.07, 6.45) is 5.14. The Hall–Kier alpha value is -0.180. The number of rotatable bonds is 6. The van der Waals surface area contributed by atoms with Gasteiger partial charge in [0.05, 0.1) is 0 Å². The van der Waals surface area contributed by atoms with E-state index >= 15 is 0 Å². The van der Waals surface area contributed by atoms with E-state index in [9.17, 15) is 0 Å². The Balaban J connectivity index is 1.69. The molecule has 0 aromatic heterocycles. The van der Waals surface area contributed by atoms with Crippen molar-refractivity contribution in [2.75, 3.05) is 18.2 Å². The number of benzene rings is 1. The molecule has 1 fully saturated rings. The van der Waals surface area contributed by atoms with Crippen molar-refractivity contribution < 1.29 is 0 Å². The maximum atomic E-state index is 6.09. The average molecular weight is 270 g/mol. The Morgan fingerprint density at radius 3 is 2.53 bits per heavy atom. The van der Waals surface area contributed by atoms with E-state index in [0.717, 1.165) is 18.2 Å². The minimum atomic E-state index is 0.235. The van der Waals surface area contributed by atoms with Crippen LogP contribution in [0.1, 0.15) is 25.7 Å². The number of halogens is 1. The zero-order valence-corrected chi connectivity index (χ0v) is 11.7. The molecule has 0 aliphatic heterocycles. The predicted molar refractivity (Wildman–Crippen MR) is 77.1 cm³/mol. The highest BCUT2D eigenvalue weighted by Gasteiger charge is 2.31. The molecule has 17 heavy (non-hydrogen) atoms. The average Bonchev–Trinajstić information content (AvgIpc) is 2.85. The first-order valence-electron chi connectivity index (χ1n) is 6.33. The Kier molecular flexibility index (Phi) is 5.20. The molecular weight excluding hydrogens is 250 g/mol. The molecule has 0 spiro atoms. The van der Waals surface area contributed by atoms with Gasteiger partial charge in [-0.15, -0.1) is 23.4 Å². The molecule has 1 aliphatic rings. The van der Waals surface area contributed by atoms with Crippen molar-refractivity contribution in [2.45, 2.75) is 36.1 Å². The molecule has 0 bridgehead atoms. The summed E-state index contributed by atoms with van der Waals surface area (Å²) in [6.45, 7) is 1.05. The Bertz CT molecular complexity index is 322. The summed E-state index contributed by atoms with van der Waals surface area (Å²) < 4.78 is 0. The smallest absolute Gasteiger partial charge is 0.0406 e. The number of hydrogen-bond donors (Lipinski definition) is 1. The summed E-state index contributed by atoms with van der Waals surface area (Å²) >= 11 is 8.00. The summed E-state index contributed by atoms with van der Waals surface area (Å²) in [5.74, 6) is 1.87. The number of nitrogens with one attached hydrogen (secondary N) is 1. The molecule has 94 valence electrons. The van der Waals surface area contributed by atoms with Crippen LogP contribution in [-0.4, -0.2) is 23.7 Å². The zero-order valence-electron chi connectivity index (χ0n) is 10.1. The van der Waals surface area contributed by atoms with Crippen molar-refractivity contribution in [2.24, 2.45) is 0 Å². The van der Waals surface area contributed by atoms with Gasteiger partial charge < -0.3 is 5.32 Å². The fourth-order valence-electron chi connectivity index (χ4n) is 2.41. The van der Waals surface area contributed by atoms with Gasteiger partial charge in [0.1, 0.15) is 0 Å². The third-order valence-corrected chi connectivity index (χ3v) is 4.96. The largest absolute Gasteiger partial charge is 0.309 e. The van der Waals surface area contributed by atoms with Gasteiger partial charge in [0.25, 0.3) is 0 Å². The maximum absolute atomic E-state index is 6.09. The highest BCUT2D eigenvalue weighted by Crippen LogP contribution is 2.30. The lowest BCUT2D eigenvalue weighted by molar-refractivity contribution is 0.381. The Morgan fingerprint density at radius 1 is 1.18 bits per heavy atom. The van der Waals surface area contributed by atoms with Gasteiger partial charge in [-0.2, -0.15) is 0 Å².